The van der Waals surface area contributed by atoms with E-state index in [2.05, 4.69) is 24.1 Å². The predicted octanol–water partition coefficient (Wildman–Crippen LogP) is 4.94. The summed E-state index contributed by atoms with van der Waals surface area (Å²) in [6.45, 7) is 6.44. The van der Waals surface area contributed by atoms with E-state index in [1.54, 1.807) is 6.07 Å². The molecule has 1 amide bonds. The van der Waals surface area contributed by atoms with Gasteiger partial charge in [-0.1, -0.05) is 6.07 Å². The Labute approximate surface area is 166 Å². The largest absolute Gasteiger partial charge is 0.416 e. The van der Waals surface area contributed by atoms with Gasteiger partial charge in [0.15, 0.2) is 0 Å². The number of piperidine rings is 3. The van der Waals surface area contributed by atoms with Crippen LogP contribution in [-0.4, -0.2) is 35.5 Å². The van der Waals surface area contributed by atoms with E-state index in [4.69, 9.17) is 0 Å². The summed E-state index contributed by atoms with van der Waals surface area (Å²) in [5.41, 5.74) is -0.783. The second kappa shape index (κ2) is 6.94. The molecule has 0 radical (unpaired) electrons. The van der Waals surface area contributed by atoms with Gasteiger partial charge in [-0.2, -0.15) is 13.2 Å². The average molecular weight is 419 g/mol. The SMILES string of the molecule is CC1(C)[C@@H](NC(=O)c2cc3ccc(C(F)(F)F)cc3s2)C2CCN1CC2.Cl. The lowest BCUT2D eigenvalue weighted by Crippen LogP contribution is -2.69. The minimum absolute atomic E-state index is 0. The van der Waals surface area contributed by atoms with E-state index in [1.807, 2.05) is 0 Å². The maximum atomic E-state index is 12.9. The molecule has 1 atom stereocenters. The number of amides is 1. The fraction of sp³-hybridized carbons (Fsp3) is 0.526. The number of carbonyl (C=O) groups excluding carboxylic acids is 1. The van der Waals surface area contributed by atoms with Crippen molar-refractivity contribution < 1.29 is 18.0 Å². The molecule has 3 saturated heterocycles. The predicted molar refractivity (Wildman–Crippen MR) is 104 cm³/mol. The Balaban J connectivity index is 0.00000210. The molecule has 3 nitrogen and oxygen atoms in total. The van der Waals surface area contributed by atoms with Gasteiger partial charge in [-0.05, 0) is 69.3 Å². The molecule has 0 unspecified atom stereocenters. The van der Waals surface area contributed by atoms with Crippen molar-refractivity contribution in [1.82, 2.24) is 10.2 Å². The number of hydrogen-bond donors (Lipinski definition) is 1. The highest BCUT2D eigenvalue weighted by molar-refractivity contribution is 7.20. The van der Waals surface area contributed by atoms with Gasteiger partial charge in [0.25, 0.3) is 5.91 Å². The number of carbonyl (C=O) groups is 1. The molecule has 0 aliphatic carbocycles. The van der Waals surface area contributed by atoms with Gasteiger partial charge in [0.05, 0.1) is 10.4 Å². The zero-order valence-corrected chi connectivity index (χ0v) is 16.7. The number of thiophene rings is 1. The minimum atomic E-state index is -4.37. The summed E-state index contributed by atoms with van der Waals surface area (Å²) in [6, 6.07) is 5.36. The van der Waals surface area contributed by atoms with Crippen LogP contribution in [0.4, 0.5) is 13.2 Å². The van der Waals surface area contributed by atoms with E-state index in [1.165, 1.54) is 6.07 Å². The lowest BCUT2D eigenvalue weighted by atomic mass is 9.72. The molecule has 4 heterocycles. The molecule has 27 heavy (non-hydrogen) atoms. The number of alkyl halides is 3. The fourth-order valence-corrected chi connectivity index (χ4v) is 5.41. The number of halogens is 4. The Morgan fingerprint density at radius 1 is 1.22 bits per heavy atom. The van der Waals surface area contributed by atoms with E-state index >= 15 is 0 Å². The summed E-state index contributed by atoms with van der Waals surface area (Å²) in [4.78, 5) is 15.7. The van der Waals surface area contributed by atoms with Gasteiger partial charge in [0, 0.05) is 16.3 Å². The second-order valence-corrected chi connectivity index (χ2v) is 8.87. The molecule has 2 bridgehead atoms. The molecule has 1 aromatic heterocycles. The third-order valence-corrected chi connectivity index (χ3v) is 7.04. The summed E-state index contributed by atoms with van der Waals surface area (Å²) >= 11 is 1.12. The average Bonchev–Trinajstić information content (AvgIpc) is 3.01. The van der Waals surface area contributed by atoms with Crippen LogP contribution in [0.15, 0.2) is 24.3 Å². The summed E-state index contributed by atoms with van der Waals surface area (Å²) in [5, 5.41) is 3.84. The van der Waals surface area contributed by atoms with Crippen molar-refractivity contribution in [3.63, 3.8) is 0 Å². The molecule has 2 aromatic rings. The smallest absolute Gasteiger partial charge is 0.346 e. The Bertz CT molecular complexity index is 856. The number of rotatable bonds is 2. The van der Waals surface area contributed by atoms with E-state index < -0.39 is 11.7 Å². The number of hydrogen-bond acceptors (Lipinski definition) is 3. The molecular formula is C19H22ClF3N2OS. The van der Waals surface area contributed by atoms with Crippen LogP contribution in [0.25, 0.3) is 10.1 Å². The minimum Gasteiger partial charge on any atom is -0.346 e. The zero-order valence-electron chi connectivity index (χ0n) is 15.1. The van der Waals surface area contributed by atoms with E-state index in [-0.39, 0.29) is 29.9 Å². The summed E-state index contributed by atoms with van der Waals surface area (Å²) in [7, 11) is 0. The van der Waals surface area contributed by atoms with Crippen LogP contribution in [0.5, 0.6) is 0 Å². The van der Waals surface area contributed by atoms with Crippen LogP contribution in [0.3, 0.4) is 0 Å². The molecule has 3 aliphatic rings. The van der Waals surface area contributed by atoms with Gasteiger partial charge in [-0.15, -0.1) is 23.7 Å². The summed E-state index contributed by atoms with van der Waals surface area (Å²) < 4.78 is 39.1. The normalized spacial score (nSPS) is 26.6. The molecule has 1 aromatic carbocycles. The van der Waals surface area contributed by atoms with Gasteiger partial charge in [0.2, 0.25) is 0 Å². The number of nitrogens with one attached hydrogen (secondary N) is 1. The lowest BCUT2D eigenvalue weighted by molar-refractivity contribution is -0.137. The highest BCUT2D eigenvalue weighted by Gasteiger charge is 2.48. The highest BCUT2D eigenvalue weighted by Crippen LogP contribution is 2.39. The molecule has 0 saturated carbocycles. The van der Waals surface area contributed by atoms with Gasteiger partial charge in [-0.25, -0.2) is 0 Å². The maximum absolute atomic E-state index is 12.9. The van der Waals surface area contributed by atoms with Crippen molar-refractivity contribution >= 4 is 39.7 Å². The number of benzene rings is 1. The molecule has 3 fully saturated rings. The second-order valence-electron chi connectivity index (χ2n) is 7.79. The van der Waals surface area contributed by atoms with Crippen molar-refractivity contribution in [2.45, 2.75) is 44.4 Å². The van der Waals surface area contributed by atoms with Crippen molar-refractivity contribution in [2.75, 3.05) is 13.1 Å². The van der Waals surface area contributed by atoms with E-state index in [0.717, 1.165) is 49.4 Å². The number of nitrogens with zero attached hydrogens (tertiary/aromatic N) is 1. The van der Waals surface area contributed by atoms with E-state index in [0.29, 0.717) is 20.9 Å². The maximum Gasteiger partial charge on any atom is 0.416 e. The summed E-state index contributed by atoms with van der Waals surface area (Å²) in [6.07, 6.45) is -2.22. The monoisotopic (exact) mass is 418 g/mol. The van der Waals surface area contributed by atoms with Crippen LogP contribution in [0, 0.1) is 5.92 Å². The van der Waals surface area contributed by atoms with Crippen LogP contribution in [0.1, 0.15) is 41.9 Å². The highest BCUT2D eigenvalue weighted by atomic mass is 35.5. The van der Waals surface area contributed by atoms with E-state index in [9.17, 15) is 18.0 Å². The van der Waals surface area contributed by atoms with Crippen molar-refractivity contribution in [1.29, 1.82) is 0 Å². The molecular weight excluding hydrogens is 397 g/mol. The quantitative estimate of drug-likeness (QED) is 0.748. The van der Waals surface area contributed by atoms with Crippen molar-refractivity contribution in [2.24, 2.45) is 5.92 Å². The first-order valence-corrected chi connectivity index (χ1v) is 9.64. The number of fused-ring (bicyclic) bond motifs is 4. The molecule has 0 spiro atoms. The Hall–Kier alpha value is -1.31. The first kappa shape index (κ1) is 20.4. The first-order chi connectivity index (χ1) is 12.2. The fourth-order valence-electron chi connectivity index (χ4n) is 4.41. The van der Waals surface area contributed by atoms with Crippen molar-refractivity contribution in [3.8, 4) is 0 Å². The van der Waals surface area contributed by atoms with Gasteiger partial charge < -0.3 is 5.32 Å². The first-order valence-electron chi connectivity index (χ1n) is 8.83. The molecule has 148 valence electrons. The molecule has 3 aliphatic heterocycles. The topological polar surface area (TPSA) is 32.3 Å². The molecule has 1 N–H and O–H groups in total. The van der Waals surface area contributed by atoms with Gasteiger partial charge in [-0.3, -0.25) is 9.69 Å². The summed E-state index contributed by atoms with van der Waals surface area (Å²) in [5.74, 6) is 0.275. The van der Waals surface area contributed by atoms with Crippen molar-refractivity contribution in [3.05, 3.63) is 34.7 Å². The lowest BCUT2D eigenvalue weighted by Gasteiger charge is -2.56. The molecule has 5 rings (SSSR count). The Morgan fingerprint density at radius 3 is 2.48 bits per heavy atom. The van der Waals surface area contributed by atoms with Crippen LogP contribution in [-0.2, 0) is 6.18 Å². The van der Waals surface area contributed by atoms with Gasteiger partial charge >= 0.3 is 6.18 Å². The standard InChI is InChI=1S/C19H21F3N2OS.ClH/c1-18(2)16(11-5-7-24(18)8-6-11)23-17(25)15-9-12-3-4-13(19(20,21)22)10-14(12)26-15;/h3-4,9-11,16H,5-8H2,1-2H3,(H,23,25);1H/t16-;/m0./s1. The molecule has 8 heteroatoms. The third kappa shape index (κ3) is 3.57. The third-order valence-electron chi connectivity index (χ3n) is 5.94. The van der Waals surface area contributed by atoms with Crippen LogP contribution < -0.4 is 5.32 Å². The Kier molecular flexibility index (Phi) is 5.25. The zero-order chi connectivity index (χ0) is 18.7. The van der Waals surface area contributed by atoms with Crippen LogP contribution in [0.2, 0.25) is 0 Å². The van der Waals surface area contributed by atoms with Crippen LogP contribution >= 0.6 is 23.7 Å². The Morgan fingerprint density at radius 2 is 1.89 bits per heavy atom. The van der Waals surface area contributed by atoms with Gasteiger partial charge in [0.1, 0.15) is 0 Å².